The van der Waals surface area contributed by atoms with Crippen LogP contribution in [-0.2, 0) is 0 Å². The monoisotopic (exact) mass is 282 g/mol. The van der Waals surface area contributed by atoms with Crippen LogP contribution in [0.2, 0.25) is 17.1 Å². The van der Waals surface area contributed by atoms with E-state index in [1.165, 1.54) is 38.5 Å². The van der Waals surface area contributed by atoms with Crippen LogP contribution in [0.25, 0.3) is 0 Å². The van der Waals surface area contributed by atoms with Gasteiger partial charge in [-0.3, -0.25) is 0 Å². The molecule has 1 unspecified atom stereocenters. The average molecular weight is 284 g/mol. The van der Waals surface area contributed by atoms with E-state index in [4.69, 9.17) is 33.2 Å². The first kappa shape index (κ1) is 12.6. The molecule has 0 radical (unpaired) electrons. The molecule has 0 amide bonds. The van der Waals surface area contributed by atoms with Gasteiger partial charge in [0.2, 0.25) is 0 Å². The largest absolute Gasteiger partial charge is 0.337 e. The molecule has 86 valence electrons. The first-order valence-corrected chi connectivity index (χ1v) is 11.2. The maximum Gasteiger partial charge on any atom is 0.337 e. The summed E-state index contributed by atoms with van der Waals surface area (Å²) in [5, 5.41) is 0. The fraction of sp³-hybridized carbons (Fsp3) is 1.00. The van der Waals surface area contributed by atoms with Crippen molar-refractivity contribution in [2.45, 2.75) is 62.5 Å². The highest BCUT2D eigenvalue weighted by Gasteiger charge is 2.49. The zero-order valence-electron chi connectivity index (χ0n) is 9.19. The van der Waals surface area contributed by atoms with Crippen LogP contribution >= 0.6 is 33.2 Å². The van der Waals surface area contributed by atoms with Crippen molar-refractivity contribution in [2.75, 3.05) is 0 Å². The molecule has 2 rings (SSSR count). The van der Waals surface area contributed by atoms with Crippen molar-refractivity contribution < 1.29 is 0 Å². The highest BCUT2D eigenvalue weighted by Crippen LogP contribution is 2.53. The zero-order valence-corrected chi connectivity index (χ0v) is 12.5. The Labute approximate surface area is 108 Å². The first-order valence-electron chi connectivity index (χ1n) is 6.07. The molecule has 0 aromatic heterocycles. The minimum absolute atomic E-state index is 0.345. The van der Waals surface area contributed by atoms with E-state index < -0.39 is 6.00 Å². The summed E-state index contributed by atoms with van der Waals surface area (Å²) in [6.07, 6.45) is 8.31. The van der Waals surface area contributed by atoms with Gasteiger partial charge < -0.3 is 0 Å². The highest BCUT2D eigenvalue weighted by molar-refractivity contribution is 7.66. The molecule has 0 aromatic carbocycles. The average Bonchev–Trinajstić information content (AvgIpc) is 2.14. The number of halogens is 3. The van der Waals surface area contributed by atoms with Gasteiger partial charge in [-0.2, -0.15) is 0 Å². The molecule has 2 bridgehead atoms. The van der Waals surface area contributed by atoms with Crippen molar-refractivity contribution in [3.05, 3.63) is 0 Å². The molecule has 0 spiro atoms. The predicted molar refractivity (Wildman–Crippen MR) is 73.7 cm³/mol. The molecule has 1 atom stereocenters. The Bertz CT molecular complexity index is 209. The van der Waals surface area contributed by atoms with E-state index >= 15 is 0 Å². The lowest BCUT2D eigenvalue weighted by Gasteiger charge is -2.44. The Morgan fingerprint density at radius 1 is 1.00 bits per heavy atom. The van der Waals surface area contributed by atoms with E-state index in [2.05, 4.69) is 6.92 Å². The van der Waals surface area contributed by atoms with Gasteiger partial charge in [0.1, 0.15) is 0 Å². The van der Waals surface area contributed by atoms with E-state index in [0.29, 0.717) is 12.2 Å². The second-order valence-corrected chi connectivity index (χ2v) is 14.4. The topological polar surface area (TPSA) is 0 Å². The van der Waals surface area contributed by atoms with Crippen molar-refractivity contribution in [3.63, 3.8) is 0 Å². The zero-order chi connectivity index (χ0) is 11.1. The molecule has 0 aromatic rings. The predicted octanol–water partition coefficient (Wildman–Crippen LogP) is 5.17. The van der Waals surface area contributed by atoms with Gasteiger partial charge in [-0.25, -0.2) is 0 Å². The van der Waals surface area contributed by atoms with Crippen LogP contribution in [0, 0.1) is 0 Å². The summed E-state index contributed by atoms with van der Waals surface area (Å²) in [5.74, 6) is 1.71. The molecule has 2 heterocycles. The lowest BCUT2D eigenvalue weighted by Crippen LogP contribution is -2.43. The van der Waals surface area contributed by atoms with Gasteiger partial charge in [0.25, 0.3) is 0 Å². The summed E-state index contributed by atoms with van der Waals surface area (Å²) < 4.78 is 0. The summed E-state index contributed by atoms with van der Waals surface area (Å²) in [6, 6.07) is -2.50. The fourth-order valence-corrected chi connectivity index (χ4v) is 6.05. The second-order valence-electron chi connectivity index (χ2n) is 5.29. The Hall–Kier alpha value is 1.15. The molecular formula is C10H18BCl3Si. The van der Waals surface area contributed by atoms with Crippen LogP contribution in [-0.4, -0.2) is 12.7 Å². The summed E-state index contributed by atoms with van der Waals surface area (Å²) in [5.41, 5.74) is 0.345. The highest BCUT2D eigenvalue weighted by atomic mass is 35.8. The van der Waals surface area contributed by atoms with E-state index in [1.54, 1.807) is 0 Å². The summed E-state index contributed by atoms with van der Waals surface area (Å²) in [7, 11) is 0. The number of hydrogen-bond donors (Lipinski definition) is 0. The molecule has 0 aliphatic carbocycles. The second kappa shape index (κ2) is 4.80. The molecule has 2 saturated heterocycles. The Kier molecular flexibility index (Phi) is 4.03. The van der Waals surface area contributed by atoms with Crippen LogP contribution < -0.4 is 0 Å². The molecular weight excluding hydrogens is 265 g/mol. The van der Waals surface area contributed by atoms with Crippen LogP contribution in [0.4, 0.5) is 0 Å². The molecule has 15 heavy (non-hydrogen) atoms. The maximum atomic E-state index is 6.20. The third-order valence-corrected chi connectivity index (χ3v) is 9.00. The molecule has 0 nitrogen and oxygen atoms in total. The van der Waals surface area contributed by atoms with Crippen molar-refractivity contribution >= 4 is 46.0 Å². The van der Waals surface area contributed by atoms with Gasteiger partial charge in [0.05, 0.1) is 0 Å². The van der Waals surface area contributed by atoms with Crippen molar-refractivity contribution in [1.82, 2.24) is 0 Å². The maximum absolute atomic E-state index is 6.20. The Morgan fingerprint density at radius 3 is 1.73 bits per heavy atom. The number of fused-ring (bicyclic) bond motifs is 2. The third kappa shape index (κ3) is 2.70. The lowest BCUT2D eigenvalue weighted by molar-refractivity contribution is 0.440. The van der Waals surface area contributed by atoms with Crippen molar-refractivity contribution in [2.24, 2.45) is 0 Å². The molecule has 2 aliphatic rings. The van der Waals surface area contributed by atoms with Gasteiger partial charge in [-0.05, 0) is 5.44 Å². The van der Waals surface area contributed by atoms with E-state index in [1.807, 2.05) is 0 Å². The van der Waals surface area contributed by atoms with Crippen LogP contribution in [0.1, 0.15) is 45.4 Å². The van der Waals surface area contributed by atoms with Gasteiger partial charge in [-0.1, -0.05) is 57.1 Å². The molecule has 0 saturated carbocycles. The van der Waals surface area contributed by atoms with Crippen molar-refractivity contribution in [1.29, 1.82) is 0 Å². The standard InChI is InChI=1S/C10H18BCl3Si/c1-8(15(12,13)14)11-9-4-2-5-10(11)7-3-6-9/h8-10H,2-7H2,1H3. The Morgan fingerprint density at radius 2 is 1.40 bits per heavy atom. The SMILES string of the molecule is CC(B1C2CCCC1CCC2)[Si](Cl)(Cl)Cl. The minimum atomic E-state index is -2.50. The molecule has 0 N–H and O–H groups in total. The number of rotatable bonds is 2. The van der Waals surface area contributed by atoms with Gasteiger partial charge >= 0.3 is 6.00 Å². The number of hydrogen-bond acceptors (Lipinski definition) is 0. The quantitative estimate of drug-likeness (QED) is 0.484. The summed E-state index contributed by atoms with van der Waals surface area (Å²) >= 11 is 18.6. The normalized spacial score (nSPS) is 34.0. The molecule has 2 fully saturated rings. The summed E-state index contributed by atoms with van der Waals surface area (Å²) in [4.78, 5) is 0. The smallest absolute Gasteiger partial charge is 0.126 e. The van der Waals surface area contributed by atoms with Crippen molar-refractivity contribution in [3.8, 4) is 0 Å². The molecule has 2 aliphatic heterocycles. The molecule has 5 heteroatoms. The summed E-state index contributed by atoms with van der Waals surface area (Å²) in [6.45, 7) is 2.90. The first-order chi connectivity index (χ1) is 7.00. The minimum Gasteiger partial charge on any atom is -0.126 e. The van der Waals surface area contributed by atoms with Gasteiger partial charge in [-0.15, -0.1) is 33.2 Å². The van der Waals surface area contributed by atoms with E-state index in [9.17, 15) is 0 Å². The lowest BCUT2D eigenvalue weighted by atomic mass is 9.26. The fourth-order valence-electron chi connectivity index (χ4n) is 3.76. The van der Waals surface area contributed by atoms with Gasteiger partial charge in [0.15, 0.2) is 6.71 Å². The van der Waals surface area contributed by atoms with Gasteiger partial charge in [0, 0.05) is 0 Å². The van der Waals surface area contributed by atoms with E-state index in [0.717, 1.165) is 11.6 Å². The van der Waals surface area contributed by atoms with Crippen LogP contribution in [0.3, 0.4) is 0 Å². The van der Waals surface area contributed by atoms with E-state index in [-0.39, 0.29) is 0 Å². The third-order valence-electron chi connectivity index (χ3n) is 4.48. The van der Waals surface area contributed by atoms with Crippen LogP contribution in [0.5, 0.6) is 0 Å². The van der Waals surface area contributed by atoms with Crippen LogP contribution in [0.15, 0.2) is 0 Å². The Balaban J connectivity index is 2.12.